The smallest absolute Gasteiger partial charge is 0.248 e. The van der Waals surface area contributed by atoms with E-state index in [9.17, 15) is 19.5 Å². The maximum absolute atomic E-state index is 14.5. The van der Waals surface area contributed by atoms with Crippen LogP contribution in [0, 0.1) is 17.8 Å². The molecule has 3 heterocycles. The number of thioether (sulfide) groups is 1. The molecule has 3 aliphatic heterocycles. The highest BCUT2D eigenvalue weighted by atomic mass is 79.9. The summed E-state index contributed by atoms with van der Waals surface area (Å²) in [4.78, 5) is 44.2. The molecule has 3 saturated heterocycles. The first-order valence-corrected chi connectivity index (χ1v) is 16.4. The lowest BCUT2D eigenvalue weighted by molar-refractivity contribution is -0.143. The molecule has 0 saturated carbocycles. The zero-order valence-corrected chi connectivity index (χ0v) is 26.1. The topological polar surface area (TPSA) is 98.7 Å². The van der Waals surface area contributed by atoms with Crippen LogP contribution < -0.4 is 10.6 Å². The Morgan fingerprint density at radius 3 is 2.50 bits per heavy atom. The van der Waals surface area contributed by atoms with Crippen molar-refractivity contribution >= 4 is 61.9 Å². The Hall–Kier alpha value is -2.88. The summed E-state index contributed by atoms with van der Waals surface area (Å²) in [5.41, 5.74) is 1.64. The zero-order chi connectivity index (χ0) is 29.6. The van der Waals surface area contributed by atoms with Gasteiger partial charge in [0.15, 0.2) is 0 Å². The first kappa shape index (κ1) is 29.2. The van der Waals surface area contributed by atoms with Crippen LogP contribution in [0.2, 0.25) is 0 Å². The molecule has 3 aromatic carbocycles. The van der Waals surface area contributed by atoms with Gasteiger partial charge in [0.1, 0.15) is 6.04 Å². The lowest BCUT2D eigenvalue weighted by Gasteiger charge is -2.39. The Morgan fingerprint density at radius 1 is 1.07 bits per heavy atom. The number of fused-ring (bicyclic) bond motifs is 2. The summed E-state index contributed by atoms with van der Waals surface area (Å²) in [5, 5.41) is 18.7. The standard InChI is InChI=1S/C33H36BrN3O4S/c1-3-19(2)25(18-38)37-29(31(40)36-23-14-13-21-11-7-8-12-22(21)15-23)33-16-24(34)28(42-33)26(27(33)32(37)41)30(39)35-17-20-9-5-4-6-10-20/h4-15,19,24-29,38H,3,16-18H2,1-2H3,(H,35,39)(H,36,40)/t19-,24?,25-,26-,27-,28-,29?,33?/m0/s1. The molecule has 1 spiro atoms. The van der Waals surface area contributed by atoms with Gasteiger partial charge in [-0.05, 0) is 40.8 Å². The van der Waals surface area contributed by atoms with E-state index in [2.05, 4.69) is 26.6 Å². The highest BCUT2D eigenvalue weighted by Crippen LogP contribution is 2.68. The Labute approximate surface area is 258 Å². The largest absolute Gasteiger partial charge is 0.394 e. The van der Waals surface area contributed by atoms with Gasteiger partial charge in [0.2, 0.25) is 17.7 Å². The van der Waals surface area contributed by atoms with Crippen LogP contribution in [0.1, 0.15) is 32.3 Å². The third-order valence-electron chi connectivity index (χ3n) is 9.45. The SMILES string of the molecule is CC[C@H](C)[C@H](CO)N1C(=O)[C@@H]2[C@H](C(=O)NCc3ccccc3)[C@H]3SC2(CC3Br)C1C(=O)Nc1ccc2ccccc2c1. The van der Waals surface area contributed by atoms with Gasteiger partial charge in [0, 0.05) is 22.3 Å². The van der Waals surface area contributed by atoms with Gasteiger partial charge in [-0.3, -0.25) is 14.4 Å². The average molecular weight is 651 g/mol. The van der Waals surface area contributed by atoms with Crippen molar-refractivity contribution in [3.63, 3.8) is 0 Å². The number of benzene rings is 3. The van der Waals surface area contributed by atoms with Crippen molar-refractivity contribution in [2.75, 3.05) is 11.9 Å². The van der Waals surface area contributed by atoms with E-state index >= 15 is 0 Å². The molecular weight excluding hydrogens is 614 g/mol. The zero-order valence-electron chi connectivity index (χ0n) is 23.7. The summed E-state index contributed by atoms with van der Waals surface area (Å²) in [6, 6.07) is 22.1. The van der Waals surface area contributed by atoms with Crippen LogP contribution in [0.5, 0.6) is 0 Å². The molecule has 0 aromatic heterocycles. The third-order valence-corrected chi connectivity index (χ3v) is 12.7. The molecule has 3 aromatic rings. The van der Waals surface area contributed by atoms with Crippen LogP contribution in [0.15, 0.2) is 72.8 Å². The molecule has 7 nitrogen and oxygen atoms in total. The van der Waals surface area contributed by atoms with Gasteiger partial charge >= 0.3 is 0 Å². The van der Waals surface area contributed by atoms with Gasteiger partial charge in [-0.25, -0.2) is 0 Å². The van der Waals surface area contributed by atoms with Crippen molar-refractivity contribution in [2.24, 2.45) is 17.8 Å². The van der Waals surface area contributed by atoms with E-state index in [4.69, 9.17) is 0 Å². The predicted octanol–water partition coefficient (Wildman–Crippen LogP) is 4.97. The molecule has 6 rings (SSSR count). The highest BCUT2D eigenvalue weighted by molar-refractivity contribution is 9.09. The van der Waals surface area contributed by atoms with Crippen molar-refractivity contribution in [2.45, 2.75) is 60.1 Å². The number of amides is 3. The van der Waals surface area contributed by atoms with Gasteiger partial charge in [-0.15, -0.1) is 11.8 Å². The van der Waals surface area contributed by atoms with E-state index in [1.165, 1.54) is 0 Å². The minimum atomic E-state index is -0.824. The van der Waals surface area contributed by atoms with E-state index in [1.807, 2.05) is 86.6 Å². The van der Waals surface area contributed by atoms with Crippen LogP contribution in [0.25, 0.3) is 10.8 Å². The Morgan fingerprint density at radius 2 is 1.79 bits per heavy atom. The Bertz CT molecular complexity index is 1500. The number of likely N-dealkylation sites (tertiary alicyclic amines) is 1. The van der Waals surface area contributed by atoms with Crippen molar-refractivity contribution in [3.05, 3.63) is 78.4 Å². The molecular formula is C33H36BrN3O4S. The summed E-state index contributed by atoms with van der Waals surface area (Å²) < 4.78 is -0.785. The number of nitrogens with zero attached hydrogens (tertiary/aromatic N) is 1. The Kier molecular flexibility index (Phi) is 8.11. The molecule has 3 N–H and O–H groups in total. The second-order valence-electron chi connectivity index (χ2n) is 11.8. The molecule has 3 fully saturated rings. The van der Waals surface area contributed by atoms with Crippen LogP contribution >= 0.6 is 27.7 Å². The molecule has 2 bridgehead atoms. The summed E-state index contributed by atoms with van der Waals surface area (Å²) in [7, 11) is 0. The highest BCUT2D eigenvalue weighted by Gasteiger charge is 2.76. The first-order valence-electron chi connectivity index (χ1n) is 14.6. The number of carbonyl (C=O) groups excluding carboxylic acids is 3. The second-order valence-corrected chi connectivity index (χ2v) is 14.5. The molecule has 3 unspecified atom stereocenters. The molecule has 0 aliphatic carbocycles. The number of halogens is 1. The third kappa shape index (κ3) is 4.83. The van der Waals surface area contributed by atoms with Crippen LogP contribution in [-0.2, 0) is 20.9 Å². The van der Waals surface area contributed by atoms with Crippen LogP contribution in [0.3, 0.4) is 0 Å². The fraction of sp³-hybridized carbons (Fsp3) is 0.424. The summed E-state index contributed by atoms with van der Waals surface area (Å²) in [6.45, 7) is 4.14. The molecule has 3 aliphatic rings. The summed E-state index contributed by atoms with van der Waals surface area (Å²) >= 11 is 5.43. The lowest BCUT2D eigenvalue weighted by atomic mass is 9.70. The van der Waals surface area contributed by atoms with Gasteiger partial charge in [-0.2, -0.15) is 0 Å². The summed E-state index contributed by atoms with van der Waals surface area (Å²) in [6.07, 6.45) is 1.33. The predicted molar refractivity (Wildman–Crippen MR) is 170 cm³/mol. The van der Waals surface area contributed by atoms with Crippen molar-refractivity contribution in [1.29, 1.82) is 0 Å². The van der Waals surface area contributed by atoms with Gasteiger partial charge < -0.3 is 20.6 Å². The number of anilines is 1. The van der Waals surface area contributed by atoms with E-state index in [1.54, 1.807) is 16.7 Å². The van der Waals surface area contributed by atoms with Gasteiger partial charge in [0.25, 0.3) is 0 Å². The van der Waals surface area contributed by atoms with Crippen molar-refractivity contribution < 1.29 is 19.5 Å². The van der Waals surface area contributed by atoms with E-state index in [0.717, 1.165) is 22.8 Å². The number of alkyl halides is 1. The van der Waals surface area contributed by atoms with Gasteiger partial charge in [-0.1, -0.05) is 96.9 Å². The Balaban J connectivity index is 1.35. The van der Waals surface area contributed by atoms with E-state index in [-0.39, 0.29) is 40.3 Å². The maximum Gasteiger partial charge on any atom is 0.248 e. The fourth-order valence-electron chi connectivity index (χ4n) is 7.22. The summed E-state index contributed by atoms with van der Waals surface area (Å²) in [5.74, 6) is -1.91. The minimum Gasteiger partial charge on any atom is -0.394 e. The number of hydrogen-bond acceptors (Lipinski definition) is 5. The molecule has 3 amide bonds. The normalized spacial score (nSPS) is 29.4. The van der Waals surface area contributed by atoms with E-state index in [0.29, 0.717) is 18.7 Å². The maximum atomic E-state index is 14.5. The number of aliphatic hydroxyl groups excluding tert-OH is 1. The van der Waals surface area contributed by atoms with Gasteiger partial charge in [0.05, 0.1) is 29.2 Å². The van der Waals surface area contributed by atoms with Crippen molar-refractivity contribution in [3.8, 4) is 0 Å². The quantitative estimate of drug-likeness (QED) is 0.285. The van der Waals surface area contributed by atoms with Crippen molar-refractivity contribution in [1.82, 2.24) is 10.2 Å². The number of aliphatic hydroxyl groups is 1. The number of nitrogens with one attached hydrogen (secondary N) is 2. The van der Waals surface area contributed by atoms with Crippen LogP contribution in [-0.4, -0.2) is 61.2 Å². The second kappa shape index (κ2) is 11.7. The van der Waals surface area contributed by atoms with Crippen LogP contribution in [0.4, 0.5) is 5.69 Å². The number of hydrogen-bond donors (Lipinski definition) is 3. The fourth-order valence-corrected chi connectivity index (χ4v) is 10.8. The molecule has 9 heteroatoms. The molecule has 8 atom stereocenters. The minimum absolute atomic E-state index is 0.0221. The average Bonchev–Trinajstić information content (AvgIpc) is 3.60. The number of carbonyl (C=O) groups is 3. The van der Waals surface area contributed by atoms with E-state index < -0.39 is 28.7 Å². The monoisotopic (exact) mass is 649 g/mol. The lowest BCUT2D eigenvalue weighted by Crippen LogP contribution is -2.56. The molecule has 42 heavy (non-hydrogen) atoms. The first-order chi connectivity index (χ1) is 20.3. The number of rotatable bonds is 9. The molecule has 220 valence electrons. The molecule has 0 radical (unpaired) electrons.